The Morgan fingerprint density at radius 3 is 2.00 bits per heavy atom. The highest BCUT2D eigenvalue weighted by Crippen LogP contribution is 2.33. The quantitative estimate of drug-likeness (QED) is 0.302. The second kappa shape index (κ2) is 11.5. The number of benzene rings is 1. The Morgan fingerprint density at radius 1 is 0.909 bits per heavy atom. The van der Waals surface area contributed by atoms with Crippen molar-refractivity contribution < 1.29 is 52.7 Å². The van der Waals surface area contributed by atoms with Crippen LogP contribution in [0.4, 0.5) is 5.69 Å². The summed E-state index contributed by atoms with van der Waals surface area (Å²) >= 11 is 0. The molecule has 0 aromatic heterocycles. The Morgan fingerprint density at radius 2 is 1.48 bits per heavy atom. The number of carbonyl (C=O) groups excluding carboxylic acids is 4. The molecule has 1 aliphatic rings. The number of anilines is 1. The zero-order valence-corrected chi connectivity index (χ0v) is 18.6. The van der Waals surface area contributed by atoms with E-state index in [1.807, 2.05) is 0 Å². The van der Waals surface area contributed by atoms with Gasteiger partial charge in [-0.25, -0.2) is 0 Å². The summed E-state index contributed by atoms with van der Waals surface area (Å²) in [6.45, 7) is 3.92. The summed E-state index contributed by atoms with van der Waals surface area (Å²) in [6.07, 6.45) is -6.55. The number of aliphatic hydroxyl groups is 1. The lowest BCUT2D eigenvalue weighted by molar-refractivity contribution is -0.288. The maximum Gasteiger partial charge on any atom is 0.303 e. The molecule has 182 valence electrons. The predicted molar refractivity (Wildman–Crippen MR) is 109 cm³/mol. The van der Waals surface area contributed by atoms with E-state index < -0.39 is 54.6 Å². The number of nitrogen functional groups attached to an aromatic ring is 1. The summed E-state index contributed by atoms with van der Waals surface area (Å²) in [5.41, 5.74) is 6.66. The average molecular weight is 469 g/mol. The van der Waals surface area contributed by atoms with Crippen molar-refractivity contribution in [3.63, 3.8) is 0 Å². The van der Waals surface area contributed by atoms with E-state index in [2.05, 4.69) is 0 Å². The minimum Gasteiger partial charge on any atom is -0.463 e. The van der Waals surface area contributed by atoms with Crippen LogP contribution in [0.3, 0.4) is 0 Å². The molecule has 1 aliphatic heterocycles. The number of esters is 4. The minimum atomic E-state index is -1.40. The van der Waals surface area contributed by atoms with Gasteiger partial charge < -0.3 is 39.3 Å². The molecule has 1 saturated heterocycles. The second-order valence-electron chi connectivity index (χ2n) is 7.22. The summed E-state index contributed by atoms with van der Waals surface area (Å²) in [7, 11) is 0. The number of aliphatic hydroxyl groups excluding tert-OH is 1. The maximum absolute atomic E-state index is 11.8. The van der Waals surface area contributed by atoms with Gasteiger partial charge in [0.2, 0.25) is 12.4 Å². The lowest BCUT2D eigenvalue weighted by Gasteiger charge is -2.44. The van der Waals surface area contributed by atoms with Gasteiger partial charge in [0.25, 0.3) is 0 Å². The highest BCUT2D eigenvalue weighted by molar-refractivity contribution is 5.68. The van der Waals surface area contributed by atoms with Crippen molar-refractivity contribution in [3.05, 3.63) is 23.8 Å². The van der Waals surface area contributed by atoms with Crippen LogP contribution in [0.25, 0.3) is 0 Å². The van der Waals surface area contributed by atoms with Crippen LogP contribution in [0.1, 0.15) is 33.3 Å². The topological polar surface area (TPSA) is 170 Å². The molecule has 1 heterocycles. The molecule has 1 aromatic carbocycles. The zero-order chi connectivity index (χ0) is 24.7. The number of ether oxygens (including phenoxy) is 6. The van der Waals surface area contributed by atoms with Crippen LogP contribution in [0, 0.1) is 0 Å². The van der Waals surface area contributed by atoms with Crippen molar-refractivity contribution in [3.8, 4) is 5.75 Å². The molecular weight excluding hydrogens is 442 g/mol. The van der Waals surface area contributed by atoms with Crippen LogP contribution in [-0.4, -0.2) is 66.3 Å². The Labute approximate surface area is 189 Å². The fourth-order valence-electron chi connectivity index (χ4n) is 3.21. The van der Waals surface area contributed by atoms with Gasteiger partial charge in [-0.1, -0.05) is 6.07 Å². The largest absolute Gasteiger partial charge is 0.463 e. The van der Waals surface area contributed by atoms with E-state index in [1.165, 1.54) is 19.1 Å². The van der Waals surface area contributed by atoms with E-state index >= 15 is 0 Å². The number of nitrogens with two attached hydrogens (primary N) is 1. The third kappa shape index (κ3) is 7.32. The van der Waals surface area contributed by atoms with Gasteiger partial charge in [-0.15, -0.1) is 0 Å². The Balaban J connectivity index is 2.47. The Kier molecular flexibility index (Phi) is 9.00. The second-order valence-corrected chi connectivity index (χ2v) is 7.22. The number of carbonyl (C=O) groups is 4. The molecule has 12 nitrogen and oxygen atoms in total. The van der Waals surface area contributed by atoms with Crippen LogP contribution in [0.5, 0.6) is 5.75 Å². The molecule has 5 atom stereocenters. The summed E-state index contributed by atoms with van der Waals surface area (Å²) in [5, 5.41) is 9.26. The van der Waals surface area contributed by atoms with E-state index in [1.54, 1.807) is 6.07 Å². The van der Waals surface area contributed by atoms with Gasteiger partial charge in [0.05, 0.1) is 12.3 Å². The fraction of sp³-hybridized carbons (Fsp3) is 0.524. The van der Waals surface area contributed by atoms with E-state index in [0.717, 1.165) is 20.8 Å². The predicted octanol–water partition coefficient (Wildman–Crippen LogP) is 0.223. The van der Waals surface area contributed by atoms with Crippen molar-refractivity contribution >= 4 is 29.6 Å². The van der Waals surface area contributed by atoms with Crippen LogP contribution in [0.15, 0.2) is 18.2 Å². The summed E-state index contributed by atoms with van der Waals surface area (Å²) in [4.78, 5) is 46.7. The SMILES string of the molecule is CC(=O)OC[C@H]1O[C@@H](Oc2ccc(CO)cc2N)[C@H](OC(C)=O)[C@@H](OC(C)=O)[C@@H]1OC(C)=O. The Hall–Kier alpha value is -3.38. The molecule has 1 aromatic rings. The monoisotopic (exact) mass is 469 g/mol. The normalized spacial score (nSPS) is 24.3. The molecule has 0 bridgehead atoms. The first kappa shape index (κ1) is 25.9. The van der Waals surface area contributed by atoms with Crippen molar-refractivity contribution in [2.45, 2.75) is 65.0 Å². The first-order valence-electron chi connectivity index (χ1n) is 9.98. The van der Waals surface area contributed by atoms with Crippen molar-refractivity contribution in [2.75, 3.05) is 12.3 Å². The fourth-order valence-corrected chi connectivity index (χ4v) is 3.21. The van der Waals surface area contributed by atoms with E-state index in [-0.39, 0.29) is 24.7 Å². The smallest absolute Gasteiger partial charge is 0.303 e. The van der Waals surface area contributed by atoms with Gasteiger partial charge in [-0.3, -0.25) is 19.2 Å². The molecule has 0 aliphatic carbocycles. The highest BCUT2D eigenvalue weighted by atomic mass is 16.7. The lowest BCUT2D eigenvalue weighted by atomic mass is 9.98. The zero-order valence-electron chi connectivity index (χ0n) is 18.6. The van der Waals surface area contributed by atoms with E-state index in [9.17, 15) is 24.3 Å². The highest BCUT2D eigenvalue weighted by Gasteiger charge is 2.53. The first-order valence-corrected chi connectivity index (χ1v) is 9.98. The maximum atomic E-state index is 11.8. The van der Waals surface area contributed by atoms with Crippen molar-refractivity contribution in [2.24, 2.45) is 0 Å². The standard InChI is InChI=1S/C21H27NO11/c1-10(24)28-9-17-18(29-11(2)25)19(30-12(3)26)20(31-13(4)27)21(33-17)32-16-6-5-14(8-23)7-15(16)22/h5-7,17-21,23H,8-9,22H2,1-4H3/t17-,18-,19+,20-,21-/m1/s1. The Bertz CT molecular complexity index is 887. The van der Waals surface area contributed by atoms with Gasteiger partial charge in [0, 0.05) is 27.7 Å². The van der Waals surface area contributed by atoms with Crippen LogP contribution < -0.4 is 10.5 Å². The minimum absolute atomic E-state index is 0.119. The van der Waals surface area contributed by atoms with Gasteiger partial charge in [0.15, 0.2) is 12.2 Å². The van der Waals surface area contributed by atoms with Gasteiger partial charge in [-0.05, 0) is 17.7 Å². The van der Waals surface area contributed by atoms with Gasteiger partial charge in [0.1, 0.15) is 18.5 Å². The third-order valence-electron chi connectivity index (χ3n) is 4.45. The molecule has 0 spiro atoms. The number of rotatable bonds is 8. The molecular formula is C21H27NO11. The van der Waals surface area contributed by atoms with Gasteiger partial charge >= 0.3 is 23.9 Å². The van der Waals surface area contributed by atoms with Gasteiger partial charge in [-0.2, -0.15) is 0 Å². The molecule has 0 saturated carbocycles. The average Bonchev–Trinajstić information content (AvgIpc) is 2.71. The molecule has 12 heteroatoms. The van der Waals surface area contributed by atoms with Crippen molar-refractivity contribution in [1.82, 2.24) is 0 Å². The van der Waals surface area contributed by atoms with Crippen molar-refractivity contribution in [1.29, 1.82) is 0 Å². The molecule has 1 fully saturated rings. The number of hydrogen-bond acceptors (Lipinski definition) is 12. The molecule has 0 amide bonds. The van der Waals surface area contributed by atoms with Crippen LogP contribution >= 0.6 is 0 Å². The molecule has 3 N–H and O–H groups in total. The van der Waals surface area contributed by atoms with E-state index in [4.69, 9.17) is 34.2 Å². The molecule has 0 unspecified atom stereocenters. The van der Waals surface area contributed by atoms with Crippen LogP contribution in [0.2, 0.25) is 0 Å². The third-order valence-corrected chi connectivity index (χ3v) is 4.45. The van der Waals surface area contributed by atoms with E-state index in [0.29, 0.717) is 5.56 Å². The lowest BCUT2D eigenvalue weighted by Crippen LogP contribution is -2.63. The summed E-state index contributed by atoms with van der Waals surface area (Å²) in [5.74, 6) is -2.76. The summed E-state index contributed by atoms with van der Waals surface area (Å²) in [6, 6.07) is 4.49. The molecule has 33 heavy (non-hydrogen) atoms. The number of hydrogen-bond donors (Lipinski definition) is 2. The molecule has 0 radical (unpaired) electrons. The molecule has 2 rings (SSSR count). The summed E-state index contributed by atoms with van der Waals surface area (Å²) < 4.78 is 32.6. The van der Waals surface area contributed by atoms with Crippen LogP contribution in [-0.2, 0) is 49.5 Å². The first-order chi connectivity index (χ1) is 15.5.